The van der Waals surface area contributed by atoms with E-state index in [2.05, 4.69) is 10.6 Å². The third kappa shape index (κ3) is 3.78. The van der Waals surface area contributed by atoms with Gasteiger partial charge in [-0.15, -0.1) is 12.4 Å². The second kappa shape index (κ2) is 8.22. The maximum atomic E-state index is 12.8. The second-order valence-electron chi connectivity index (χ2n) is 7.26. The summed E-state index contributed by atoms with van der Waals surface area (Å²) < 4.78 is 6.47. The Bertz CT molecular complexity index is 746. The number of amides is 1. The number of hydrogen-bond acceptors (Lipinski definition) is 5. The maximum absolute atomic E-state index is 12.8. The molecule has 0 aromatic carbocycles. The van der Waals surface area contributed by atoms with E-state index in [9.17, 15) is 14.4 Å². The van der Waals surface area contributed by atoms with E-state index in [0.717, 1.165) is 25.2 Å². The predicted octanol–water partition coefficient (Wildman–Crippen LogP) is 0.904. The van der Waals surface area contributed by atoms with Crippen LogP contribution < -0.4 is 16.2 Å². The molecule has 26 heavy (non-hydrogen) atoms. The quantitative estimate of drug-likeness (QED) is 0.754. The molecule has 3 heterocycles. The standard InChI is InChI=1S/C18H25N3O4.ClH/c1-10(2)15(18(24)25-3)20-16(22)13-4-5-14-12-6-11(7-19-8-12)9-21(14)17(13)23;/h4-5,10-12,15,19H,6-9H2,1-3H3,(H,20,22);1H/t11-,12+,15-;/m0./s1. The number of aromatic nitrogens is 1. The molecule has 2 aliphatic heterocycles. The van der Waals surface area contributed by atoms with E-state index in [-0.39, 0.29) is 29.4 Å². The van der Waals surface area contributed by atoms with Gasteiger partial charge in [-0.1, -0.05) is 13.8 Å². The minimum absolute atomic E-state index is 0. The summed E-state index contributed by atoms with van der Waals surface area (Å²) in [6.07, 6.45) is 1.08. The molecule has 3 atom stereocenters. The third-order valence-corrected chi connectivity index (χ3v) is 5.16. The highest BCUT2D eigenvalue weighted by Crippen LogP contribution is 2.31. The van der Waals surface area contributed by atoms with E-state index in [1.807, 2.05) is 19.9 Å². The van der Waals surface area contributed by atoms with Crippen LogP contribution in [0.15, 0.2) is 16.9 Å². The van der Waals surface area contributed by atoms with Gasteiger partial charge in [0.1, 0.15) is 11.6 Å². The smallest absolute Gasteiger partial charge is 0.328 e. The fraction of sp³-hybridized carbons (Fsp3) is 0.611. The number of rotatable bonds is 4. The van der Waals surface area contributed by atoms with Crippen LogP contribution in [0.2, 0.25) is 0 Å². The summed E-state index contributed by atoms with van der Waals surface area (Å²) in [5, 5.41) is 6.04. The molecule has 2 aliphatic rings. The fourth-order valence-corrected chi connectivity index (χ4v) is 3.81. The molecule has 8 heteroatoms. The van der Waals surface area contributed by atoms with Crippen LogP contribution in [0.4, 0.5) is 0 Å². The summed E-state index contributed by atoms with van der Waals surface area (Å²) in [6.45, 7) is 6.02. The van der Waals surface area contributed by atoms with Gasteiger partial charge in [-0.25, -0.2) is 4.79 Å². The van der Waals surface area contributed by atoms with Gasteiger partial charge >= 0.3 is 5.97 Å². The number of nitrogens with one attached hydrogen (secondary N) is 2. The largest absolute Gasteiger partial charge is 0.467 e. The van der Waals surface area contributed by atoms with Gasteiger partial charge in [0.05, 0.1) is 7.11 Å². The number of hydrogen-bond donors (Lipinski definition) is 2. The molecule has 2 N–H and O–H groups in total. The van der Waals surface area contributed by atoms with Crippen molar-refractivity contribution in [3.63, 3.8) is 0 Å². The van der Waals surface area contributed by atoms with E-state index in [0.29, 0.717) is 18.4 Å². The van der Waals surface area contributed by atoms with Crippen molar-refractivity contribution in [1.29, 1.82) is 0 Å². The zero-order valence-electron chi connectivity index (χ0n) is 15.3. The SMILES string of the molecule is COC(=O)[C@@H](NC(=O)c1ccc2n(c1=O)C[C@@H]1CNC[C@H]2C1)C(C)C.Cl. The molecule has 1 saturated heterocycles. The van der Waals surface area contributed by atoms with Gasteiger partial charge in [-0.05, 0) is 36.9 Å². The van der Waals surface area contributed by atoms with Crippen molar-refractivity contribution in [2.45, 2.75) is 38.8 Å². The molecule has 0 aliphatic carbocycles. The molecule has 2 bridgehead atoms. The minimum Gasteiger partial charge on any atom is -0.467 e. The summed E-state index contributed by atoms with van der Waals surface area (Å²) in [5.41, 5.74) is 0.781. The molecule has 1 amide bonds. The first kappa shape index (κ1) is 20.5. The molecule has 7 nitrogen and oxygen atoms in total. The molecule has 0 saturated carbocycles. The predicted molar refractivity (Wildman–Crippen MR) is 99.8 cm³/mol. The number of ether oxygens (including phenoxy) is 1. The highest BCUT2D eigenvalue weighted by atomic mass is 35.5. The topological polar surface area (TPSA) is 89.4 Å². The first-order valence-corrected chi connectivity index (χ1v) is 8.75. The van der Waals surface area contributed by atoms with E-state index < -0.39 is 17.9 Å². The highest BCUT2D eigenvalue weighted by Gasteiger charge is 2.32. The molecular weight excluding hydrogens is 358 g/mol. The van der Waals surface area contributed by atoms with Crippen LogP contribution >= 0.6 is 12.4 Å². The van der Waals surface area contributed by atoms with Crippen molar-refractivity contribution < 1.29 is 14.3 Å². The Morgan fingerprint density at radius 3 is 2.69 bits per heavy atom. The van der Waals surface area contributed by atoms with Gasteiger partial charge < -0.3 is 19.9 Å². The summed E-state index contributed by atoms with van der Waals surface area (Å²) in [4.78, 5) is 37.3. The Balaban J connectivity index is 0.00000243. The van der Waals surface area contributed by atoms with Crippen LogP contribution in [-0.2, 0) is 16.1 Å². The Kier molecular flexibility index (Phi) is 6.47. The monoisotopic (exact) mass is 383 g/mol. The van der Waals surface area contributed by atoms with Gasteiger partial charge in [-0.3, -0.25) is 9.59 Å². The number of methoxy groups -OCH3 is 1. The Hall–Kier alpha value is -1.86. The Morgan fingerprint density at radius 1 is 1.31 bits per heavy atom. The number of piperidine rings is 1. The third-order valence-electron chi connectivity index (χ3n) is 5.16. The number of carbonyl (C=O) groups excluding carboxylic acids is 2. The summed E-state index contributed by atoms with van der Waals surface area (Å²) in [7, 11) is 1.28. The normalized spacial score (nSPS) is 22.0. The molecule has 0 spiro atoms. The molecule has 0 radical (unpaired) electrons. The molecule has 3 rings (SSSR count). The minimum atomic E-state index is -0.776. The van der Waals surface area contributed by atoms with Gasteiger partial charge in [0.15, 0.2) is 0 Å². The van der Waals surface area contributed by atoms with Crippen LogP contribution in [0.25, 0.3) is 0 Å². The molecule has 0 unspecified atom stereocenters. The molecule has 144 valence electrons. The van der Waals surface area contributed by atoms with Crippen LogP contribution in [0.3, 0.4) is 0 Å². The van der Waals surface area contributed by atoms with Gasteiger partial charge in [0, 0.05) is 24.7 Å². The number of esters is 1. The molecule has 1 aromatic heterocycles. The van der Waals surface area contributed by atoms with Crippen molar-refractivity contribution in [3.8, 4) is 0 Å². The van der Waals surface area contributed by atoms with Crippen molar-refractivity contribution in [3.05, 3.63) is 33.7 Å². The van der Waals surface area contributed by atoms with Gasteiger partial charge in [-0.2, -0.15) is 0 Å². The average Bonchev–Trinajstić information content (AvgIpc) is 2.59. The number of fused-ring (bicyclic) bond motifs is 4. The lowest BCUT2D eigenvalue weighted by Crippen LogP contribution is -2.48. The zero-order chi connectivity index (χ0) is 18.1. The van der Waals surface area contributed by atoms with Gasteiger partial charge in [0.25, 0.3) is 11.5 Å². The van der Waals surface area contributed by atoms with Crippen molar-refractivity contribution in [2.24, 2.45) is 11.8 Å². The Morgan fingerprint density at radius 2 is 2.04 bits per heavy atom. The second-order valence-corrected chi connectivity index (χ2v) is 7.26. The molecular formula is C18H26ClN3O4. The lowest BCUT2D eigenvalue weighted by atomic mass is 9.84. The summed E-state index contributed by atoms with van der Waals surface area (Å²) >= 11 is 0. The van der Waals surface area contributed by atoms with E-state index in [1.165, 1.54) is 7.11 Å². The van der Waals surface area contributed by atoms with Crippen LogP contribution in [0, 0.1) is 11.8 Å². The molecule has 1 fully saturated rings. The van der Waals surface area contributed by atoms with E-state index in [1.54, 1.807) is 10.6 Å². The van der Waals surface area contributed by atoms with Crippen LogP contribution in [0.1, 0.15) is 42.2 Å². The molecule has 1 aromatic rings. The van der Waals surface area contributed by atoms with Gasteiger partial charge in [0.2, 0.25) is 0 Å². The Labute approximate surface area is 158 Å². The van der Waals surface area contributed by atoms with E-state index >= 15 is 0 Å². The number of nitrogens with zero attached hydrogens (tertiary/aromatic N) is 1. The van der Waals surface area contributed by atoms with Crippen molar-refractivity contribution in [2.75, 3.05) is 20.2 Å². The van der Waals surface area contributed by atoms with Crippen LogP contribution in [-0.4, -0.2) is 42.7 Å². The fourth-order valence-electron chi connectivity index (χ4n) is 3.81. The lowest BCUT2D eigenvalue weighted by molar-refractivity contribution is -0.144. The lowest BCUT2D eigenvalue weighted by Gasteiger charge is -2.37. The number of halogens is 1. The number of pyridine rings is 1. The van der Waals surface area contributed by atoms with E-state index in [4.69, 9.17) is 4.74 Å². The van der Waals surface area contributed by atoms with Crippen LogP contribution in [0.5, 0.6) is 0 Å². The summed E-state index contributed by atoms with van der Waals surface area (Å²) in [5.74, 6) is -0.445. The average molecular weight is 384 g/mol. The van der Waals surface area contributed by atoms with Crippen molar-refractivity contribution in [1.82, 2.24) is 15.2 Å². The van der Waals surface area contributed by atoms with Crippen molar-refractivity contribution >= 4 is 24.3 Å². The number of carbonyl (C=O) groups is 2. The highest BCUT2D eigenvalue weighted by molar-refractivity contribution is 5.96. The first-order chi connectivity index (χ1) is 11.9. The summed E-state index contributed by atoms with van der Waals surface area (Å²) in [6, 6.07) is 2.67. The zero-order valence-corrected chi connectivity index (χ0v) is 16.1. The first-order valence-electron chi connectivity index (χ1n) is 8.75. The maximum Gasteiger partial charge on any atom is 0.328 e.